The Morgan fingerprint density at radius 3 is 2.40 bits per heavy atom. The van der Waals surface area contributed by atoms with Crippen molar-refractivity contribution < 1.29 is 9.18 Å². The van der Waals surface area contributed by atoms with Crippen LogP contribution < -0.4 is 10.9 Å². The molecular formula is C27H22FN5O2. The smallest absolute Gasteiger partial charge is 0.264 e. The van der Waals surface area contributed by atoms with Crippen LogP contribution in [-0.4, -0.2) is 31.8 Å². The van der Waals surface area contributed by atoms with E-state index in [-0.39, 0.29) is 23.8 Å². The Morgan fingerprint density at radius 1 is 0.914 bits per heavy atom. The summed E-state index contributed by atoms with van der Waals surface area (Å²) in [6, 6.07) is 23.7. The lowest BCUT2D eigenvalue weighted by Gasteiger charge is -2.08. The molecule has 0 fully saturated rings. The van der Waals surface area contributed by atoms with Crippen LogP contribution in [-0.2, 0) is 13.1 Å². The number of aromatic nitrogens is 4. The van der Waals surface area contributed by atoms with Crippen LogP contribution in [0.1, 0.15) is 15.9 Å². The Bertz CT molecular complexity index is 1540. The van der Waals surface area contributed by atoms with Gasteiger partial charge in [0.25, 0.3) is 11.5 Å². The molecule has 0 atom stereocenters. The normalized spacial score (nSPS) is 11.0. The molecule has 8 heteroatoms. The number of hydrogen-bond donors (Lipinski definition) is 1. The van der Waals surface area contributed by atoms with E-state index in [1.807, 2.05) is 42.5 Å². The molecule has 0 aliphatic rings. The number of nitrogens with zero attached hydrogens (tertiary/aromatic N) is 4. The van der Waals surface area contributed by atoms with Gasteiger partial charge in [0, 0.05) is 17.7 Å². The Hall–Kier alpha value is -4.59. The third kappa shape index (κ3) is 4.72. The van der Waals surface area contributed by atoms with Crippen LogP contribution in [0.3, 0.4) is 0 Å². The van der Waals surface area contributed by atoms with Crippen LogP contribution in [0, 0.1) is 5.82 Å². The number of carbonyl (C=O) groups excluding carboxylic acids is 1. The highest BCUT2D eigenvalue weighted by Crippen LogP contribution is 2.19. The molecule has 35 heavy (non-hydrogen) atoms. The van der Waals surface area contributed by atoms with Crippen LogP contribution in [0.25, 0.3) is 22.2 Å². The maximum absolute atomic E-state index is 14.0. The first-order valence-electron chi connectivity index (χ1n) is 11.2. The quantitative estimate of drug-likeness (QED) is 0.394. The number of nitrogens with one attached hydrogen (secondary N) is 1. The van der Waals surface area contributed by atoms with Crippen molar-refractivity contribution in [3.8, 4) is 11.1 Å². The fourth-order valence-electron chi connectivity index (χ4n) is 3.91. The second-order valence-electron chi connectivity index (χ2n) is 8.07. The summed E-state index contributed by atoms with van der Waals surface area (Å²) in [6.45, 7) is 0.746. The summed E-state index contributed by atoms with van der Waals surface area (Å²) in [4.78, 5) is 29.7. The standard InChI is InChI=1S/C27H22FN5O2/c28-24-9-5-4-8-22(24)17-32-18-30-25-23(27(32)35)16-31-33(25)15-14-29-26(34)21-12-10-20(11-13-21)19-6-2-1-3-7-19/h1-13,16,18H,14-15,17H2,(H,29,34). The Morgan fingerprint density at radius 2 is 1.63 bits per heavy atom. The van der Waals surface area contributed by atoms with E-state index < -0.39 is 0 Å². The van der Waals surface area contributed by atoms with Gasteiger partial charge in [-0.1, -0.05) is 60.7 Å². The average molecular weight is 468 g/mol. The molecule has 2 aromatic heterocycles. The van der Waals surface area contributed by atoms with Gasteiger partial charge in [-0.25, -0.2) is 14.1 Å². The third-order valence-corrected chi connectivity index (χ3v) is 5.78. The molecule has 7 nitrogen and oxygen atoms in total. The topological polar surface area (TPSA) is 81.8 Å². The number of fused-ring (bicyclic) bond motifs is 1. The third-order valence-electron chi connectivity index (χ3n) is 5.78. The largest absolute Gasteiger partial charge is 0.350 e. The lowest BCUT2D eigenvalue weighted by atomic mass is 10.0. The number of rotatable bonds is 7. The van der Waals surface area contributed by atoms with E-state index in [1.54, 1.807) is 35.0 Å². The minimum atomic E-state index is -0.374. The molecule has 174 valence electrons. The number of benzene rings is 3. The second-order valence-corrected chi connectivity index (χ2v) is 8.07. The van der Waals surface area contributed by atoms with Gasteiger partial charge >= 0.3 is 0 Å². The minimum absolute atomic E-state index is 0.0821. The fraction of sp³-hybridized carbons (Fsp3) is 0.111. The molecule has 1 amide bonds. The van der Waals surface area contributed by atoms with Gasteiger partial charge in [-0.3, -0.25) is 14.2 Å². The van der Waals surface area contributed by atoms with Crippen molar-refractivity contribution in [2.45, 2.75) is 13.1 Å². The van der Waals surface area contributed by atoms with Gasteiger partial charge < -0.3 is 5.32 Å². The van der Waals surface area contributed by atoms with Gasteiger partial charge in [0.2, 0.25) is 0 Å². The van der Waals surface area contributed by atoms with Crippen LogP contribution in [0.2, 0.25) is 0 Å². The number of carbonyl (C=O) groups is 1. The minimum Gasteiger partial charge on any atom is -0.350 e. The molecule has 3 aromatic carbocycles. The van der Waals surface area contributed by atoms with Crippen LogP contribution in [0.15, 0.2) is 96.2 Å². The monoisotopic (exact) mass is 467 g/mol. The van der Waals surface area contributed by atoms with E-state index in [0.717, 1.165) is 11.1 Å². The van der Waals surface area contributed by atoms with Crippen LogP contribution >= 0.6 is 0 Å². The lowest BCUT2D eigenvalue weighted by molar-refractivity contribution is 0.0952. The summed E-state index contributed by atoms with van der Waals surface area (Å²) in [5.41, 5.74) is 3.21. The van der Waals surface area contributed by atoms with Crippen molar-refractivity contribution in [2.75, 3.05) is 6.54 Å². The SMILES string of the molecule is O=C(NCCn1ncc2c(=O)n(Cc3ccccc3F)cnc21)c1ccc(-c2ccccc2)cc1. The van der Waals surface area contributed by atoms with Crippen molar-refractivity contribution in [3.63, 3.8) is 0 Å². The molecule has 0 aliphatic heterocycles. The molecule has 2 heterocycles. The highest BCUT2D eigenvalue weighted by Gasteiger charge is 2.12. The molecule has 0 radical (unpaired) electrons. The molecule has 0 saturated heterocycles. The first kappa shape index (κ1) is 22.2. The van der Waals surface area contributed by atoms with Gasteiger partial charge in [0.15, 0.2) is 5.65 Å². The summed E-state index contributed by atoms with van der Waals surface area (Å²) >= 11 is 0. The maximum Gasteiger partial charge on any atom is 0.264 e. The molecule has 5 rings (SSSR count). The summed E-state index contributed by atoms with van der Waals surface area (Å²) < 4.78 is 16.9. The van der Waals surface area contributed by atoms with Crippen molar-refractivity contribution >= 4 is 16.9 Å². The predicted molar refractivity (Wildman–Crippen MR) is 132 cm³/mol. The highest BCUT2D eigenvalue weighted by molar-refractivity contribution is 5.94. The number of hydrogen-bond acceptors (Lipinski definition) is 4. The Labute approximate surface area is 200 Å². The zero-order valence-corrected chi connectivity index (χ0v) is 18.8. The van der Waals surface area contributed by atoms with E-state index in [2.05, 4.69) is 15.4 Å². The summed E-state index contributed by atoms with van der Waals surface area (Å²) in [6.07, 6.45) is 2.84. The number of amides is 1. The van der Waals surface area contributed by atoms with E-state index in [9.17, 15) is 14.0 Å². The molecule has 1 N–H and O–H groups in total. The van der Waals surface area contributed by atoms with Gasteiger partial charge in [-0.2, -0.15) is 5.10 Å². The van der Waals surface area contributed by atoms with Crippen LogP contribution in [0.5, 0.6) is 0 Å². The summed E-state index contributed by atoms with van der Waals surface area (Å²) in [7, 11) is 0. The van der Waals surface area contributed by atoms with E-state index in [0.29, 0.717) is 35.2 Å². The fourth-order valence-corrected chi connectivity index (χ4v) is 3.91. The Balaban J connectivity index is 1.23. The van der Waals surface area contributed by atoms with Crippen molar-refractivity contribution in [3.05, 3.63) is 119 Å². The summed E-state index contributed by atoms with van der Waals surface area (Å²) in [5.74, 6) is -0.568. The molecule has 0 aliphatic carbocycles. The summed E-state index contributed by atoms with van der Waals surface area (Å²) in [5, 5.41) is 7.47. The molecule has 5 aromatic rings. The van der Waals surface area contributed by atoms with Crippen LogP contribution in [0.4, 0.5) is 4.39 Å². The molecule has 0 bridgehead atoms. The van der Waals surface area contributed by atoms with Crippen molar-refractivity contribution in [1.29, 1.82) is 0 Å². The highest BCUT2D eigenvalue weighted by atomic mass is 19.1. The average Bonchev–Trinajstić information content (AvgIpc) is 3.31. The molecule has 0 unspecified atom stereocenters. The van der Waals surface area contributed by atoms with Gasteiger partial charge in [0.1, 0.15) is 17.5 Å². The first-order valence-corrected chi connectivity index (χ1v) is 11.2. The Kier molecular flexibility index (Phi) is 6.17. The van der Waals surface area contributed by atoms with Crippen molar-refractivity contribution in [2.24, 2.45) is 0 Å². The zero-order valence-electron chi connectivity index (χ0n) is 18.8. The lowest BCUT2D eigenvalue weighted by Crippen LogP contribution is -2.27. The second kappa shape index (κ2) is 9.72. The molecule has 0 spiro atoms. The molecule has 0 saturated carbocycles. The zero-order chi connectivity index (χ0) is 24.2. The van der Waals surface area contributed by atoms with E-state index in [4.69, 9.17) is 0 Å². The van der Waals surface area contributed by atoms with E-state index in [1.165, 1.54) is 23.2 Å². The first-order chi connectivity index (χ1) is 17.1. The number of halogens is 1. The van der Waals surface area contributed by atoms with Gasteiger partial charge in [-0.15, -0.1) is 0 Å². The maximum atomic E-state index is 14.0. The predicted octanol–water partition coefficient (Wildman–Crippen LogP) is 3.88. The molecular weight excluding hydrogens is 445 g/mol. The van der Waals surface area contributed by atoms with Gasteiger partial charge in [-0.05, 0) is 29.3 Å². The van der Waals surface area contributed by atoms with Gasteiger partial charge in [0.05, 0.1) is 19.3 Å². The van der Waals surface area contributed by atoms with Crippen molar-refractivity contribution in [1.82, 2.24) is 24.6 Å². The van der Waals surface area contributed by atoms with E-state index >= 15 is 0 Å².